The van der Waals surface area contributed by atoms with E-state index in [0.29, 0.717) is 6.61 Å². The highest BCUT2D eigenvalue weighted by molar-refractivity contribution is 8.23. The lowest BCUT2D eigenvalue weighted by atomic mass is 10.3. The van der Waals surface area contributed by atoms with Gasteiger partial charge in [-0.2, -0.15) is 0 Å². The molecule has 0 aliphatic carbocycles. The topological polar surface area (TPSA) is 89.6 Å². The van der Waals surface area contributed by atoms with E-state index in [0.717, 1.165) is 11.8 Å². The molecule has 0 radical (unpaired) electrons. The van der Waals surface area contributed by atoms with Crippen LogP contribution in [-0.4, -0.2) is 33.2 Å². The fourth-order valence-electron chi connectivity index (χ4n) is 0.630. The second kappa shape index (κ2) is 6.61. The Labute approximate surface area is 91.0 Å². The number of rotatable bonds is 5. The number of carbonyl (C=O) groups excluding carboxylic acids is 1. The summed E-state index contributed by atoms with van der Waals surface area (Å²) in [5.74, 6) is -1.81. The molecular weight excluding hydrogens is 226 g/mol. The predicted molar refractivity (Wildman–Crippen MR) is 57.1 cm³/mol. The number of ether oxygens (including phenoxy) is 1. The molecule has 0 heterocycles. The van der Waals surface area contributed by atoms with Gasteiger partial charge in [-0.05, 0) is 19.1 Å². The van der Waals surface area contributed by atoms with Crippen LogP contribution in [0.25, 0.3) is 0 Å². The maximum absolute atomic E-state index is 10.6. The number of primary amides is 1. The molecule has 0 aliphatic heterocycles. The molecule has 14 heavy (non-hydrogen) atoms. The largest absolute Gasteiger partial charge is 0.480 e. The van der Waals surface area contributed by atoms with Crippen molar-refractivity contribution in [3.8, 4) is 0 Å². The summed E-state index contributed by atoms with van der Waals surface area (Å²) in [6.45, 7) is 2.10. The van der Waals surface area contributed by atoms with Gasteiger partial charge in [0.25, 0.3) is 0 Å². The zero-order valence-electron chi connectivity index (χ0n) is 7.56. The van der Waals surface area contributed by atoms with Gasteiger partial charge in [-0.3, -0.25) is 9.59 Å². The fourth-order valence-corrected chi connectivity index (χ4v) is 1.86. The molecule has 1 amide bonds. The second-order valence-electron chi connectivity index (χ2n) is 2.30. The third kappa shape index (κ3) is 5.76. The predicted octanol–water partition coefficient (Wildman–Crippen LogP) is 0.370. The molecule has 1 atom stereocenters. The van der Waals surface area contributed by atoms with Crippen molar-refractivity contribution >= 4 is 40.2 Å². The average molecular weight is 237 g/mol. The summed E-state index contributed by atoms with van der Waals surface area (Å²) in [7, 11) is 0. The number of aliphatic carboxylic acids is 1. The molecule has 0 aromatic rings. The highest BCUT2D eigenvalue weighted by Crippen LogP contribution is 2.17. The van der Waals surface area contributed by atoms with E-state index in [4.69, 9.17) is 27.8 Å². The number of amides is 1. The van der Waals surface area contributed by atoms with Crippen molar-refractivity contribution < 1.29 is 19.4 Å². The summed E-state index contributed by atoms with van der Waals surface area (Å²) >= 11 is 5.54. The van der Waals surface area contributed by atoms with Crippen LogP contribution >= 0.6 is 24.0 Å². The van der Waals surface area contributed by atoms with Gasteiger partial charge in [0.1, 0.15) is 5.25 Å². The van der Waals surface area contributed by atoms with Crippen molar-refractivity contribution in [3.63, 3.8) is 0 Å². The molecule has 80 valence electrons. The first-order valence-electron chi connectivity index (χ1n) is 3.81. The van der Waals surface area contributed by atoms with Crippen LogP contribution in [0, 0.1) is 0 Å². The Kier molecular flexibility index (Phi) is 6.22. The molecule has 0 aromatic carbocycles. The molecule has 0 bridgehead atoms. The zero-order valence-corrected chi connectivity index (χ0v) is 9.19. The number of thioether (sulfide) groups is 1. The molecule has 0 rings (SSSR count). The third-order valence-electron chi connectivity index (χ3n) is 1.16. The van der Waals surface area contributed by atoms with Gasteiger partial charge >= 0.3 is 5.97 Å². The quantitative estimate of drug-likeness (QED) is 0.671. The fraction of sp³-hybridized carbons (Fsp3) is 0.571. The van der Waals surface area contributed by atoms with E-state index in [-0.39, 0.29) is 10.8 Å². The van der Waals surface area contributed by atoms with Crippen LogP contribution in [0.3, 0.4) is 0 Å². The van der Waals surface area contributed by atoms with Crippen LogP contribution < -0.4 is 5.73 Å². The van der Waals surface area contributed by atoms with Crippen LogP contribution in [0.1, 0.15) is 13.3 Å². The van der Waals surface area contributed by atoms with E-state index in [9.17, 15) is 9.59 Å². The lowest BCUT2D eigenvalue weighted by Crippen LogP contribution is -2.26. The van der Waals surface area contributed by atoms with E-state index in [2.05, 4.69) is 0 Å². The van der Waals surface area contributed by atoms with Crippen molar-refractivity contribution in [2.24, 2.45) is 5.73 Å². The summed E-state index contributed by atoms with van der Waals surface area (Å²) in [4.78, 5) is 21.1. The van der Waals surface area contributed by atoms with Crippen LogP contribution in [-0.2, 0) is 14.3 Å². The lowest BCUT2D eigenvalue weighted by Gasteiger charge is -2.10. The Morgan fingerprint density at radius 1 is 1.64 bits per heavy atom. The monoisotopic (exact) mass is 237 g/mol. The number of thiocarbonyl (C=S) groups is 1. The number of nitrogens with two attached hydrogens (primary N) is 1. The number of carboxylic acid groups (broad SMARTS) is 1. The Hall–Kier alpha value is -0.820. The van der Waals surface area contributed by atoms with Crippen LogP contribution in [0.5, 0.6) is 0 Å². The van der Waals surface area contributed by atoms with Gasteiger partial charge < -0.3 is 15.6 Å². The highest BCUT2D eigenvalue weighted by Gasteiger charge is 2.22. The maximum Gasteiger partial charge on any atom is 0.317 e. The molecule has 7 heteroatoms. The molecule has 0 fully saturated rings. The SMILES string of the molecule is CCOC(=S)S[C@@H](CC(N)=O)C(=O)O. The summed E-state index contributed by atoms with van der Waals surface area (Å²) in [6, 6.07) is 0. The van der Waals surface area contributed by atoms with Gasteiger partial charge in [0.05, 0.1) is 6.61 Å². The Bertz CT molecular complexity index is 244. The van der Waals surface area contributed by atoms with E-state index < -0.39 is 17.1 Å². The molecule has 0 saturated heterocycles. The van der Waals surface area contributed by atoms with Crippen LogP contribution in [0.4, 0.5) is 0 Å². The molecule has 0 aromatic heterocycles. The van der Waals surface area contributed by atoms with Crippen molar-refractivity contribution in [1.82, 2.24) is 0 Å². The molecule has 5 nitrogen and oxygen atoms in total. The van der Waals surface area contributed by atoms with E-state index >= 15 is 0 Å². The van der Waals surface area contributed by atoms with Gasteiger partial charge in [-0.25, -0.2) is 0 Å². The van der Waals surface area contributed by atoms with Crippen molar-refractivity contribution in [2.45, 2.75) is 18.6 Å². The second-order valence-corrected chi connectivity index (χ2v) is 4.10. The van der Waals surface area contributed by atoms with Crippen LogP contribution in [0.2, 0.25) is 0 Å². The molecule has 0 aliphatic rings. The van der Waals surface area contributed by atoms with E-state index in [1.54, 1.807) is 6.92 Å². The summed E-state index contributed by atoms with van der Waals surface area (Å²) in [6.07, 6.45) is -0.257. The standard InChI is InChI=1S/C7H11NO4S2/c1-2-12-7(13)14-4(6(10)11)3-5(8)9/h4H,2-3H2,1H3,(H2,8,9)(H,10,11)/t4-/m0/s1. The third-order valence-corrected chi connectivity index (χ3v) is 2.53. The first-order chi connectivity index (χ1) is 6.47. The molecular formula is C7H11NO4S2. The van der Waals surface area contributed by atoms with Crippen molar-refractivity contribution in [1.29, 1.82) is 0 Å². The minimum Gasteiger partial charge on any atom is -0.480 e. The number of hydrogen-bond donors (Lipinski definition) is 2. The zero-order chi connectivity index (χ0) is 11.1. The van der Waals surface area contributed by atoms with Gasteiger partial charge in [0, 0.05) is 6.42 Å². The van der Waals surface area contributed by atoms with E-state index in [1.165, 1.54) is 0 Å². The molecule has 0 saturated carbocycles. The van der Waals surface area contributed by atoms with Gasteiger partial charge in [0.2, 0.25) is 10.3 Å². The smallest absolute Gasteiger partial charge is 0.317 e. The minimum absolute atomic E-state index is 0.112. The van der Waals surface area contributed by atoms with E-state index in [1.807, 2.05) is 0 Å². The molecule has 3 N–H and O–H groups in total. The Morgan fingerprint density at radius 3 is 2.57 bits per heavy atom. The van der Waals surface area contributed by atoms with Gasteiger partial charge in [-0.1, -0.05) is 11.8 Å². The minimum atomic E-state index is -1.13. The average Bonchev–Trinajstić information content (AvgIpc) is 2.02. The first kappa shape index (κ1) is 13.2. The van der Waals surface area contributed by atoms with Gasteiger partial charge in [0.15, 0.2) is 0 Å². The lowest BCUT2D eigenvalue weighted by molar-refractivity contribution is -0.137. The van der Waals surface area contributed by atoms with Gasteiger partial charge in [-0.15, -0.1) is 0 Å². The summed E-state index contributed by atoms with van der Waals surface area (Å²) in [5.41, 5.74) is 4.88. The number of carbonyl (C=O) groups is 2. The Balaban J connectivity index is 4.16. The number of hydrogen-bond acceptors (Lipinski definition) is 5. The summed E-state index contributed by atoms with van der Waals surface area (Å²) < 4.78 is 5.00. The normalized spacial score (nSPS) is 11.8. The molecule has 0 unspecified atom stereocenters. The maximum atomic E-state index is 10.6. The van der Waals surface area contributed by atoms with Crippen molar-refractivity contribution in [3.05, 3.63) is 0 Å². The van der Waals surface area contributed by atoms with Crippen LogP contribution in [0.15, 0.2) is 0 Å². The molecule has 0 spiro atoms. The highest BCUT2D eigenvalue weighted by atomic mass is 32.2. The Morgan fingerprint density at radius 2 is 2.21 bits per heavy atom. The first-order valence-corrected chi connectivity index (χ1v) is 5.10. The number of carboxylic acids is 1. The van der Waals surface area contributed by atoms with Crippen molar-refractivity contribution in [2.75, 3.05) is 6.61 Å². The summed E-state index contributed by atoms with van der Waals surface area (Å²) in [5, 5.41) is 7.73.